The first-order chi connectivity index (χ1) is 13.7. The van der Waals surface area contributed by atoms with Crippen LogP contribution in [0.5, 0.6) is 0 Å². The summed E-state index contributed by atoms with van der Waals surface area (Å²) in [7, 11) is -3.66. The van der Waals surface area contributed by atoms with Crippen molar-refractivity contribution in [3.8, 4) is 11.3 Å². The van der Waals surface area contributed by atoms with Gasteiger partial charge in [-0.25, -0.2) is 4.39 Å². The largest absolute Gasteiger partial charge is 0.369 e. The highest BCUT2D eigenvalue weighted by Crippen LogP contribution is 2.36. The Labute approximate surface area is 169 Å². The SMILES string of the molecule is CCN(CC)S(=O)(=O)N1CCC(Cc2cc(-c3ccc(F)cc3)no2)(C(N)=O)C1. The molecule has 2 aromatic rings. The molecule has 0 spiro atoms. The second-order valence-corrected chi connectivity index (χ2v) is 9.11. The van der Waals surface area contributed by atoms with Crippen LogP contribution >= 0.6 is 0 Å². The number of halogens is 1. The van der Waals surface area contributed by atoms with Crippen LogP contribution in [0.25, 0.3) is 11.3 Å². The Morgan fingerprint density at radius 3 is 2.55 bits per heavy atom. The number of carbonyl (C=O) groups is 1. The number of amides is 1. The van der Waals surface area contributed by atoms with Crippen molar-refractivity contribution >= 4 is 16.1 Å². The molecule has 1 fully saturated rings. The van der Waals surface area contributed by atoms with Crippen molar-refractivity contribution < 1.29 is 22.1 Å². The topological polar surface area (TPSA) is 110 Å². The van der Waals surface area contributed by atoms with Crippen molar-refractivity contribution in [2.45, 2.75) is 26.7 Å². The van der Waals surface area contributed by atoms with Gasteiger partial charge < -0.3 is 10.3 Å². The normalized spacial score (nSPS) is 20.4. The summed E-state index contributed by atoms with van der Waals surface area (Å²) in [5.74, 6) is -0.509. The molecule has 1 atom stereocenters. The van der Waals surface area contributed by atoms with Crippen LogP contribution in [0.4, 0.5) is 4.39 Å². The quantitative estimate of drug-likeness (QED) is 0.695. The number of hydrogen-bond acceptors (Lipinski definition) is 5. The van der Waals surface area contributed by atoms with Gasteiger partial charge in [0, 0.05) is 44.2 Å². The number of hydrogen-bond donors (Lipinski definition) is 1. The average molecular weight is 424 g/mol. The zero-order chi connectivity index (χ0) is 21.2. The van der Waals surface area contributed by atoms with Gasteiger partial charge in [0.05, 0.1) is 5.41 Å². The number of carbonyl (C=O) groups excluding carboxylic acids is 1. The van der Waals surface area contributed by atoms with Gasteiger partial charge in [0.1, 0.15) is 17.3 Å². The van der Waals surface area contributed by atoms with Gasteiger partial charge in [0.15, 0.2) is 0 Å². The van der Waals surface area contributed by atoms with E-state index in [9.17, 15) is 17.6 Å². The van der Waals surface area contributed by atoms with Crippen LogP contribution in [0, 0.1) is 11.2 Å². The van der Waals surface area contributed by atoms with Crippen LogP contribution in [0.1, 0.15) is 26.0 Å². The molecule has 1 aliphatic rings. The van der Waals surface area contributed by atoms with Gasteiger partial charge in [0.25, 0.3) is 10.2 Å². The number of benzene rings is 1. The fraction of sp³-hybridized carbons (Fsp3) is 0.474. The second kappa shape index (κ2) is 8.21. The molecule has 1 aromatic carbocycles. The Morgan fingerprint density at radius 2 is 1.97 bits per heavy atom. The second-order valence-electron chi connectivity index (χ2n) is 7.18. The smallest absolute Gasteiger partial charge is 0.281 e. The van der Waals surface area contributed by atoms with E-state index < -0.39 is 21.5 Å². The van der Waals surface area contributed by atoms with Crippen molar-refractivity contribution in [3.05, 3.63) is 41.9 Å². The molecule has 1 saturated heterocycles. The summed E-state index contributed by atoms with van der Waals surface area (Å²) >= 11 is 0. The first-order valence-corrected chi connectivity index (χ1v) is 10.9. The van der Waals surface area contributed by atoms with Gasteiger partial charge in [0.2, 0.25) is 5.91 Å². The molecule has 1 aromatic heterocycles. The number of aromatic nitrogens is 1. The van der Waals surface area contributed by atoms with Gasteiger partial charge in [-0.15, -0.1) is 0 Å². The van der Waals surface area contributed by atoms with Gasteiger partial charge in [-0.1, -0.05) is 19.0 Å². The van der Waals surface area contributed by atoms with Crippen LogP contribution in [0.3, 0.4) is 0 Å². The van der Waals surface area contributed by atoms with Gasteiger partial charge >= 0.3 is 0 Å². The maximum Gasteiger partial charge on any atom is 0.281 e. The number of primary amides is 1. The number of rotatable bonds is 8. The van der Waals surface area contributed by atoms with Gasteiger partial charge in [-0.2, -0.15) is 17.0 Å². The Kier molecular flexibility index (Phi) is 6.06. The Hall–Kier alpha value is -2.30. The van der Waals surface area contributed by atoms with Crippen molar-refractivity contribution in [2.75, 3.05) is 26.2 Å². The van der Waals surface area contributed by atoms with Crippen molar-refractivity contribution in [3.63, 3.8) is 0 Å². The Morgan fingerprint density at radius 1 is 1.31 bits per heavy atom. The third-order valence-electron chi connectivity index (χ3n) is 5.41. The molecule has 2 heterocycles. The summed E-state index contributed by atoms with van der Waals surface area (Å²) in [6.45, 7) is 4.44. The molecular weight excluding hydrogens is 399 g/mol. The molecule has 1 aliphatic heterocycles. The summed E-state index contributed by atoms with van der Waals surface area (Å²) in [5.41, 5.74) is 5.79. The maximum atomic E-state index is 13.1. The predicted molar refractivity (Wildman–Crippen MR) is 105 cm³/mol. The standard InChI is InChI=1S/C19H25FN4O4S/c1-3-23(4-2)29(26,27)24-10-9-19(13-24,18(21)25)12-16-11-17(22-28-16)14-5-7-15(20)8-6-14/h5-8,11H,3-4,9-10,12-13H2,1-2H3,(H2,21,25). The lowest BCUT2D eigenvalue weighted by atomic mass is 9.82. The molecule has 0 saturated carbocycles. The van der Waals surface area contributed by atoms with E-state index in [4.69, 9.17) is 10.3 Å². The lowest BCUT2D eigenvalue weighted by molar-refractivity contribution is -0.127. The van der Waals surface area contributed by atoms with E-state index in [0.29, 0.717) is 36.5 Å². The fourth-order valence-electron chi connectivity index (χ4n) is 3.66. The molecule has 3 rings (SSSR count). The van der Waals surface area contributed by atoms with Gasteiger partial charge in [-0.05, 0) is 30.7 Å². The zero-order valence-electron chi connectivity index (χ0n) is 16.5. The van der Waals surface area contributed by atoms with Crippen LogP contribution in [-0.4, -0.2) is 54.3 Å². The Balaban J connectivity index is 1.81. The van der Waals surface area contributed by atoms with Crippen LogP contribution in [0.15, 0.2) is 34.9 Å². The highest BCUT2D eigenvalue weighted by molar-refractivity contribution is 7.86. The molecule has 158 valence electrons. The summed E-state index contributed by atoms with van der Waals surface area (Å²) in [6.07, 6.45) is 0.441. The third-order valence-corrected chi connectivity index (χ3v) is 7.54. The predicted octanol–water partition coefficient (Wildman–Crippen LogP) is 1.79. The molecule has 1 unspecified atom stereocenters. The molecule has 10 heteroatoms. The number of nitrogens with two attached hydrogens (primary N) is 1. The summed E-state index contributed by atoms with van der Waals surface area (Å²) in [6, 6.07) is 7.46. The third kappa shape index (κ3) is 4.19. The lowest BCUT2D eigenvalue weighted by Gasteiger charge is -2.28. The van der Waals surface area contributed by atoms with Crippen LogP contribution in [0.2, 0.25) is 0 Å². The molecule has 29 heavy (non-hydrogen) atoms. The summed E-state index contributed by atoms with van der Waals surface area (Å²) in [4.78, 5) is 12.3. The molecule has 8 nitrogen and oxygen atoms in total. The minimum Gasteiger partial charge on any atom is -0.369 e. The fourth-order valence-corrected chi connectivity index (χ4v) is 5.38. The van der Waals surface area contributed by atoms with Crippen molar-refractivity contribution in [1.29, 1.82) is 0 Å². The molecule has 2 N–H and O–H groups in total. The van der Waals surface area contributed by atoms with Crippen LogP contribution in [-0.2, 0) is 21.4 Å². The average Bonchev–Trinajstić information content (AvgIpc) is 3.32. The van der Waals surface area contributed by atoms with Gasteiger partial charge in [-0.3, -0.25) is 4.79 Å². The van der Waals surface area contributed by atoms with E-state index in [1.165, 1.54) is 20.7 Å². The number of nitrogens with zero attached hydrogens (tertiary/aromatic N) is 3. The van der Waals surface area contributed by atoms with E-state index in [-0.39, 0.29) is 25.3 Å². The first-order valence-electron chi connectivity index (χ1n) is 9.48. The summed E-state index contributed by atoms with van der Waals surface area (Å²) < 4.78 is 46.7. The molecule has 1 amide bonds. The molecule has 0 radical (unpaired) electrons. The minimum absolute atomic E-state index is 0.00620. The van der Waals surface area contributed by atoms with Crippen LogP contribution < -0.4 is 5.73 Å². The van der Waals surface area contributed by atoms with E-state index in [1.807, 2.05) is 0 Å². The maximum absolute atomic E-state index is 13.1. The monoisotopic (exact) mass is 424 g/mol. The van der Waals surface area contributed by atoms with E-state index >= 15 is 0 Å². The van der Waals surface area contributed by atoms with E-state index in [1.54, 1.807) is 32.0 Å². The Bertz CT molecular complexity index is 972. The zero-order valence-corrected chi connectivity index (χ0v) is 17.3. The summed E-state index contributed by atoms with van der Waals surface area (Å²) in [5, 5.41) is 3.98. The van der Waals surface area contributed by atoms with E-state index in [0.717, 1.165) is 0 Å². The molecular formula is C19H25FN4O4S. The lowest BCUT2D eigenvalue weighted by Crippen LogP contribution is -2.46. The molecule has 0 aliphatic carbocycles. The highest BCUT2D eigenvalue weighted by atomic mass is 32.2. The molecule has 0 bridgehead atoms. The van der Waals surface area contributed by atoms with Crippen molar-refractivity contribution in [2.24, 2.45) is 11.1 Å². The first kappa shape index (κ1) is 21.4. The highest BCUT2D eigenvalue weighted by Gasteiger charge is 2.48. The van der Waals surface area contributed by atoms with Crippen molar-refractivity contribution in [1.82, 2.24) is 13.8 Å². The van der Waals surface area contributed by atoms with E-state index in [2.05, 4.69) is 5.16 Å². The minimum atomic E-state index is -3.66.